The van der Waals surface area contributed by atoms with Crippen molar-refractivity contribution in [1.29, 1.82) is 0 Å². The summed E-state index contributed by atoms with van der Waals surface area (Å²) in [5.74, 6) is 0.274. The lowest BCUT2D eigenvalue weighted by atomic mass is 9.97. The first-order valence-corrected chi connectivity index (χ1v) is 10.3. The van der Waals surface area contributed by atoms with Gasteiger partial charge in [0.15, 0.2) is 11.6 Å². The van der Waals surface area contributed by atoms with Crippen molar-refractivity contribution in [3.8, 4) is 22.6 Å². The van der Waals surface area contributed by atoms with E-state index in [9.17, 15) is 9.18 Å². The summed E-state index contributed by atoms with van der Waals surface area (Å²) in [6, 6.07) is 12.4. The Morgan fingerprint density at radius 3 is 2.55 bits per heavy atom. The number of imidazole rings is 1. The topological polar surface area (TPSA) is 74.0 Å². The van der Waals surface area contributed by atoms with E-state index in [1.165, 1.54) is 12.1 Å². The largest absolute Gasteiger partial charge is 0.378 e. The van der Waals surface area contributed by atoms with E-state index >= 15 is 0 Å². The van der Waals surface area contributed by atoms with Gasteiger partial charge in [0.2, 0.25) is 0 Å². The maximum Gasteiger partial charge on any atom is 0.162 e. The number of nitrogens with one attached hydrogen (secondary N) is 2. The number of ketones is 1. The van der Waals surface area contributed by atoms with Crippen molar-refractivity contribution >= 4 is 22.5 Å². The van der Waals surface area contributed by atoms with Crippen LogP contribution in [0.15, 0.2) is 42.5 Å². The highest BCUT2D eigenvalue weighted by Crippen LogP contribution is 2.37. The number of fused-ring (bicyclic) bond motifs is 1. The molecule has 0 saturated carbocycles. The zero-order chi connectivity index (χ0) is 21.5. The molecule has 2 aromatic heterocycles. The maximum atomic E-state index is 13.5. The monoisotopic (exact) mass is 418 g/mol. The van der Waals surface area contributed by atoms with Gasteiger partial charge in [0.05, 0.1) is 29.9 Å². The Morgan fingerprint density at radius 1 is 1.10 bits per heavy atom. The average molecular weight is 418 g/mol. The van der Waals surface area contributed by atoms with Crippen LogP contribution in [0.25, 0.3) is 33.7 Å². The molecule has 31 heavy (non-hydrogen) atoms. The van der Waals surface area contributed by atoms with E-state index in [0.717, 1.165) is 65.5 Å². The standard InChI is InChI=1S/C24H23FN4O2/c1-14-21(15(2)30)22(16-3-5-17(25)6-4-16)23(26-14)24-27-19-8-7-18(13-20(19)28-24)29-9-11-31-12-10-29/h3-8,13,26H,9-12H2,1-2H3,(H,27,28). The highest BCUT2D eigenvalue weighted by molar-refractivity contribution is 6.05. The van der Waals surface area contributed by atoms with Crippen LogP contribution in [-0.4, -0.2) is 47.0 Å². The minimum Gasteiger partial charge on any atom is -0.378 e. The van der Waals surface area contributed by atoms with Crippen LogP contribution in [0.2, 0.25) is 0 Å². The van der Waals surface area contributed by atoms with Gasteiger partial charge in [-0.1, -0.05) is 12.1 Å². The number of hydrogen-bond donors (Lipinski definition) is 2. The molecule has 0 bridgehead atoms. The van der Waals surface area contributed by atoms with Crippen LogP contribution >= 0.6 is 0 Å². The number of hydrogen-bond acceptors (Lipinski definition) is 4. The van der Waals surface area contributed by atoms with Gasteiger partial charge in [0.1, 0.15) is 5.82 Å². The molecule has 0 spiro atoms. The number of aryl methyl sites for hydroxylation is 1. The number of carbonyl (C=O) groups is 1. The van der Waals surface area contributed by atoms with Gasteiger partial charge >= 0.3 is 0 Å². The second-order valence-electron chi connectivity index (χ2n) is 7.82. The third kappa shape index (κ3) is 3.51. The predicted molar refractivity (Wildman–Crippen MR) is 119 cm³/mol. The quantitative estimate of drug-likeness (QED) is 0.471. The molecule has 2 N–H and O–H groups in total. The lowest BCUT2D eigenvalue weighted by Crippen LogP contribution is -2.36. The van der Waals surface area contributed by atoms with E-state index in [1.54, 1.807) is 19.1 Å². The minimum atomic E-state index is -0.318. The van der Waals surface area contributed by atoms with E-state index in [4.69, 9.17) is 9.72 Å². The van der Waals surface area contributed by atoms with Crippen molar-refractivity contribution in [3.05, 3.63) is 59.5 Å². The number of ether oxygens (including phenoxy) is 1. The first kappa shape index (κ1) is 19.5. The zero-order valence-electron chi connectivity index (χ0n) is 17.5. The van der Waals surface area contributed by atoms with Crippen LogP contribution in [0.1, 0.15) is 23.0 Å². The Kier molecular flexibility index (Phi) is 4.82. The predicted octanol–water partition coefficient (Wildman–Crippen LogP) is 4.71. The highest BCUT2D eigenvalue weighted by atomic mass is 19.1. The number of Topliss-reactive ketones (excluding diaryl/α,β-unsaturated/α-hetero) is 1. The second-order valence-corrected chi connectivity index (χ2v) is 7.82. The Morgan fingerprint density at radius 2 is 1.84 bits per heavy atom. The Labute approximate surface area is 179 Å². The number of H-pyrrole nitrogens is 2. The van der Waals surface area contributed by atoms with E-state index in [0.29, 0.717) is 11.4 Å². The molecule has 3 heterocycles. The molecule has 0 atom stereocenters. The zero-order valence-corrected chi connectivity index (χ0v) is 17.5. The summed E-state index contributed by atoms with van der Waals surface area (Å²) in [6.07, 6.45) is 0. The number of anilines is 1. The molecular weight excluding hydrogens is 395 g/mol. The normalized spacial score (nSPS) is 14.4. The van der Waals surface area contributed by atoms with Crippen LogP contribution in [0.4, 0.5) is 10.1 Å². The lowest BCUT2D eigenvalue weighted by molar-refractivity contribution is 0.101. The summed E-state index contributed by atoms with van der Waals surface area (Å²) in [5.41, 5.74) is 6.44. The molecule has 1 fully saturated rings. The smallest absolute Gasteiger partial charge is 0.162 e. The van der Waals surface area contributed by atoms with Crippen LogP contribution in [0.5, 0.6) is 0 Å². The van der Waals surface area contributed by atoms with Crippen molar-refractivity contribution < 1.29 is 13.9 Å². The Hall–Kier alpha value is -3.45. The van der Waals surface area contributed by atoms with Gasteiger partial charge in [-0.05, 0) is 49.7 Å². The molecule has 1 aliphatic rings. The summed E-state index contributed by atoms with van der Waals surface area (Å²) in [4.78, 5) is 26.2. The van der Waals surface area contributed by atoms with Crippen molar-refractivity contribution in [3.63, 3.8) is 0 Å². The van der Waals surface area contributed by atoms with Crippen molar-refractivity contribution in [2.45, 2.75) is 13.8 Å². The lowest BCUT2D eigenvalue weighted by Gasteiger charge is -2.28. The Bertz CT molecular complexity index is 1270. The molecule has 0 radical (unpaired) electrons. The molecule has 0 amide bonds. The number of nitrogens with zero attached hydrogens (tertiary/aromatic N) is 2. The van der Waals surface area contributed by atoms with E-state index in [2.05, 4.69) is 27.0 Å². The van der Waals surface area contributed by atoms with Crippen LogP contribution in [0, 0.1) is 12.7 Å². The summed E-state index contributed by atoms with van der Waals surface area (Å²) in [5, 5.41) is 0. The number of rotatable bonds is 4. The van der Waals surface area contributed by atoms with Crippen LogP contribution in [0.3, 0.4) is 0 Å². The van der Waals surface area contributed by atoms with Crippen molar-refractivity contribution in [1.82, 2.24) is 15.0 Å². The number of carbonyl (C=O) groups excluding carboxylic acids is 1. The number of morpholine rings is 1. The van der Waals surface area contributed by atoms with E-state index in [1.807, 2.05) is 13.0 Å². The number of aromatic nitrogens is 3. The van der Waals surface area contributed by atoms with Gasteiger partial charge in [0.25, 0.3) is 0 Å². The van der Waals surface area contributed by atoms with Gasteiger partial charge in [0, 0.05) is 35.6 Å². The summed E-state index contributed by atoms with van der Waals surface area (Å²) in [7, 11) is 0. The summed E-state index contributed by atoms with van der Waals surface area (Å²) < 4.78 is 19.0. The Balaban J connectivity index is 1.63. The van der Waals surface area contributed by atoms with Crippen LogP contribution in [-0.2, 0) is 4.74 Å². The van der Waals surface area contributed by atoms with Crippen molar-refractivity contribution in [2.24, 2.45) is 0 Å². The van der Waals surface area contributed by atoms with Gasteiger partial charge in [-0.15, -0.1) is 0 Å². The highest BCUT2D eigenvalue weighted by Gasteiger charge is 2.23. The SMILES string of the molecule is CC(=O)c1c(C)[nH]c(-c2nc3cc(N4CCOCC4)ccc3[nH]2)c1-c1ccc(F)cc1. The van der Waals surface area contributed by atoms with Gasteiger partial charge in [-0.2, -0.15) is 0 Å². The molecule has 4 aromatic rings. The molecule has 158 valence electrons. The fourth-order valence-corrected chi connectivity index (χ4v) is 4.28. The minimum absolute atomic E-state index is 0.0509. The average Bonchev–Trinajstić information content (AvgIpc) is 3.35. The van der Waals surface area contributed by atoms with Gasteiger partial charge in [-0.3, -0.25) is 4.79 Å². The number of benzene rings is 2. The second kappa shape index (κ2) is 7.67. The molecule has 2 aromatic carbocycles. The molecule has 7 heteroatoms. The first-order chi connectivity index (χ1) is 15.0. The van der Waals surface area contributed by atoms with Crippen molar-refractivity contribution in [2.75, 3.05) is 31.2 Å². The summed E-state index contributed by atoms with van der Waals surface area (Å²) >= 11 is 0. The summed E-state index contributed by atoms with van der Waals surface area (Å²) in [6.45, 7) is 6.57. The molecule has 1 saturated heterocycles. The molecule has 1 aliphatic heterocycles. The van der Waals surface area contributed by atoms with Gasteiger partial charge in [-0.25, -0.2) is 9.37 Å². The molecule has 0 aliphatic carbocycles. The van der Waals surface area contributed by atoms with Crippen LogP contribution < -0.4 is 4.90 Å². The third-order valence-electron chi connectivity index (χ3n) is 5.75. The number of halogens is 1. The number of aromatic amines is 2. The molecular formula is C24H23FN4O2. The fourth-order valence-electron chi connectivity index (χ4n) is 4.28. The van der Waals surface area contributed by atoms with E-state index in [-0.39, 0.29) is 11.6 Å². The molecule has 0 unspecified atom stereocenters. The van der Waals surface area contributed by atoms with E-state index < -0.39 is 0 Å². The first-order valence-electron chi connectivity index (χ1n) is 10.3. The molecule has 5 rings (SSSR count). The maximum absolute atomic E-state index is 13.5. The molecule has 6 nitrogen and oxygen atoms in total. The third-order valence-corrected chi connectivity index (χ3v) is 5.75. The fraction of sp³-hybridized carbons (Fsp3) is 0.250. The van der Waals surface area contributed by atoms with Gasteiger partial charge < -0.3 is 19.6 Å².